The second-order valence-corrected chi connectivity index (χ2v) is 17.2. The molecule has 2 nitrogen and oxygen atoms in total. The molecule has 0 saturated carbocycles. The first-order valence-electron chi connectivity index (χ1n) is 21.8. The lowest BCUT2D eigenvalue weighted by Crippen LogP contribution is -2.15. The summed E-state index contributed by atoms with van der Waals surface area (Å²) in [5.41, 5.74) is 17.5. The Morgan fingerprint density at radius 3 is 1.48 bits per heavy atom. The third kappa shape index (κ3) is 6.02. The average Bonchev–Trinajstić information content (AvgIpc) is 3.59. The lowest BCUT2D eigenvalue weighted by atomic mass is 9.81. The van der Waals surface area contributed by atoms with Gasteiger partial charge in [-0.2, -0.15) is 0 Å². The largest absolute Gasteiger partial charge is 0.228 e. The standard InChI is InChI=1S/C61H42N2/c1-61(2)55-36-30-40-19-9-10-23-45(40)59(55)54-31-29-42(37-56(54)61)44-32-33-50(47-25-13-12-24-46(44)47)51-34-35-53(49-27-15-14-26-48(49)51)58-38-57(62-60(63-58)41-20-7-4-8-21-41)52-28-16-11-22-43(52)39-17-5-3-6-18-39/h3-38H,1-2H3. The maximum Gasteiger partial charge on any atom is 0.160 e. The Labute approximate surface area is 367 Å². The van der Waals surface area contributed by atoms with E-state index in [9.17, 15) is 0 Å². The molecule has 2 heteroatoms. The Morgan fingerprint density at radius 1 is 0.302 bits per heavy atom. The van der Waals surface area contributed by atoms with Gasteiger partial charge in [-0.3, -0.25) is 0 Å². The van der Waals surface area contributed by atoms with Gasteiger partial charge in [0.2, 0.25) is 0 Å². The van der Waals surface area contributed by atoms with Crippen LogP contribution in [0.25, 0.3) is 111 Å². The van der Waals surface area contributed by atoms with Gasteiger partial charge < -0.3 is 0 Å². The second-order valence-electron chi connectivity index (χ2n) is 17.2. The minimum atomic E-state index is -0.112. The molecule has 1 aromatic heterocycles. The molecule has 0 saturated heterocycles. The normalized spacial score (nSPS) is 12.7. The van der Waals surface area contributed by atoms with Crippen LogP contribution < -0.4 is 0 Å². The molecule has 0 N–H and O–H groups in total. The van der Waals surface area contributed by atoms with E-state index in [0.29, 0.717) is 5.82 Å². The molecule has 0 spiro atoms. The topological polar surface area (TPSA) is 25.8 Å². The minimum absolute atomic E-state index is 0.112. The van der Waals surface area contributed by atoms with Crippen LogP contribution in [0.15, 0.2) is 218 Å². The first-order chi connectivity index (χ1) is 31.0. The Morgan fingerprint density at radius 2 is 0.794 bits per heavy atom. The van der Waals surface area contributed by atoms with Gasteiger partial charge in [-0.1, -0.05) is 220 Å². The van der Waals surface area contributed by atoms with Gasteiger partial charge >= 0.3 is 0 Å². The molecule has 0 unspecified atom stereocenters. The van der Waals surface area contributed by atoms with Crippen LogP contribution in [0.2, 0.25) is 0 Å². The lowest BCUT2D eigenvalue weighted by molar-refractivity contribution is 0.661. The van der Waals surface area contributed by atoms with Crippen molar-refractivity contribution < 1.29 is 0 Å². The average molecular weight is 803 g/mol. The Hall–Kier alpha value is -7.94. The van der Waals surface area contributed by atoms with Crippen molar-refractivity contribution in [1.82, 2.24) is 9.97 Å². The van der Waals surface area contributed by atoms with Crippen molar-refractivity contribution in [1.29, 1.82) is 0 Å². The predicted octanol–water partition coefficient (Wildman–Crippen LogP) is 16.2. The van der Waals surface area contributed by atoms with E-state index in [4.69, 9.17) is 9.97 Å². The maximum atomic E-state index is 5.30. The van der Waals surface area contributed by atoms with E-state index in [1.165, 1.54) is 71.4 Å². The second kappa shape index (κ2) is 14.6. The molecule has 0 radical (unpaired) electrons. The third-order valence-electron chi connectivity index (χ3n) is 13.3. The summed E-state index contributed by atoms with van der Waals surface area (Å²) in [6, 6.07) is 79.0. The Balaban J connectivity index is 0.998. The van der Waals surface area contributed by atoms with Crippen molar-refractivity contribution in [2.75, 3.05) is 0 Å². The Bertz CT molecular complexity index is 3580. The Kier molecular flexibility index (Phi) is 8.55. The smallest absolute Gasteiger partial charge is 0.160 e. The fraction of sp³-hybridized carbons (Fsp3) is 0.0492. The quantitative estimate of drug-likeness (QED) is 0.167. The summed E-state index contributed by atoms with van der Waals surface area (Å²) >= 11 is 0. The first-order valence-corrected chi connectivity index (χ1v) is 21.8. The zero-order chi connectivity index (χ0) is 42.1. The van der Waals surface area contributed by atoms with Crippen molar-refractivity contribution in [3.05, 3.63) is 230 Å². The van der Waals surface area contributed by atoms with Gasteiger partial charge in [-0.05, 0) is 100 Å². The molecular formula is C61H42N2. The molecule has 296 valence electrons. The maximum absolute atomic E-state index is 5.30. The fourth-order valence-electron chi connectivity index (χ4n) is 10.2. The molecule has 0 atom stereocenters. The molecule has 0 aliphatic heterocycles. The van der Waals surface area contributed by atoms with E-state index in [-0.39, 0.29) is 5.41 Å². The molecule has 1 heterocycles. The van der Waals surface area contributed by atoms with Gasteiger partial charge in [0.05, 0.1) is 11.4 Å². The number of benzene rings is 10. The van der Waals surface area contributed by atoms with E-state index in [1.807, 2.05) is 6.07 Å². The molecule has 11 aromatic rings. The van der Waals surface area contributed by atoms with Crippen LogP contribution in [-0.4, -0.2) is 9.97 Å². The van der Waals surface area contributed by atoms with Crippen molar-refractivity contribution >= 4 is 32.3 Å². The molecule has 12 rings (SSSR count). The van der Waals surface area contributed by atoms with Crippen molar-refractivity contribution in [3.8, 4) is 78.4 Å². The van der Waals surface area contributed by atoms with Crippen LogP contribution in [0, 0.1) is 0 Å². The summed E-state index contributed by atoms with van der Waals surface area (Å²) in [5, 5.41) is 7.42. The van der Waals surface area contributed by atoms with Crippen molar-refractivity contribution in [2.45, 2.75) is 19.3 Å². The highest BCUT2D eigenvalue weighted by Crippen LogP contribution is 2.52. The number of fused-ring (bicyclic) bond motifs is 7. The van der Waals surface area contributed by atoms with Crippen LogP contribution in [0.1, 0.15) is 25.0 Å². The molecule has 1 aliphatic carbocycles. The van der Waals surface area contributed by atoms with E-state index in [2.05, 4.69) is 226 Å². The number of hydrogen-bond donors (Lipinski definition) is 0. The zero-order valence-electron chi connectivity index (χ0n) is 35.2. The highest BCUT2D eigenvalue weighted by Gasteiger charge is 2.36. The van der Waals surface area contributed by atoms with Gasteiger partial charge in [0.1, 0.15) is 0 Å². The van der Waals surface area contributed by atoms with Crippen LogP contribution in [0.4, 0.5) is 0 Å². The van der Waals surface area contributed by atoms with Gasteiger partial charge in [-0.15, -0.1) is 0 Å². The fourth-order valence-corrected chi connectivity index (χ4v) is 10.2. The van der Waals surface area contributed by atoms with Gasteiger partial charge in [0.25, 0.3) is 0 Å². The van der Waals surface area contributed by atoms with Crippen LogP contribution in [0.5, 0.6) is 0 Å². The van der Waals surface area contributed by atoms with Crippen LogP contribution in [0.3, 0.4) is 0 Å². The summed E-state index contributed by atoms with van der Waals surface area (Å²) in [7, 11) is 0. The molecule has 0 fully saturated rings. The highest BCUT2D eigenvalue weighted by atomic mass is 14.9. The molecule has 0 bridgehead atoms. The van der Waals surface area contributed by atoms with Gasteiger partial charge in [0.15, 0.2) is 5.82 Å². The summed E-state index contributed by atoms with van der Waals surface area (Å²) < 4.78 is 0. The van der Waals surface area contributed by atoms with E-state index in [0.717, 1.165) is 44.6 Å². The van der Waals surface area contributed by atoms with E-state index in [1.54, 1.807) is 0 Å². The molecule has 0 amide bonds. The van der Waals surface area contributed by atoms with Crippen molar-refractivity contribution in [2.24, 2.45) is 0 Å². The number of hydrogen-bond acceptors (Lipinski definition) is 2. The monoisotopic (exact) mass is 802 g/mol. The predicted molar refractivity (Wildman–Crippen MR) is 265 cm³/mol. The minimum Gasteiger partial charge on any atom is -0.228 e. The number of nitrogens with zero attached hydrogens (tertiary/aromatic N) is 2. The molecule has 1 aliphatic rings. The molecular weight excluding hydrogens is 761 g/mol. The highest BCUT2D eigenvalue weighted by molar-refractivity contribution is 6.12. The third-order valence-corrected chi connectivity index (χ3v) is 13.3. The van der Waals surface area contributed by atoms with E-state index >= 15 is 0 Å². The SMILES string of the molecule is CC1(C)c2cc(-c3ccc(-c4ccc(-c5cc(-c6ccccc6-c6ccccc6)nc(-c6ccccc6)n5)c5ccccc45)c4ccccc34)ccc2-c2c1ccc1ccccc21. The van der Waals surface area contributed by atoms with E-state index < -0.39 is 0 Å². The summed E-state index contributed by atoms with van der Waals surface area (Å²) in [4.78, 5) is 10.5. The summed E-state index contributed by atoms with van der Waals surface area (Å²) in [6.07, 6.45) is 0. The van der Waals surface area contributed by atoms with Gasteiger partial charge in [0, 0.05) is 22.1 Å². The number of aromatic nitrogens is 2. The van der Waals surface area contributed by atoms with Crippen molar-refractivity contribution in [3.63, 3.8) is 0 Å². The summed E-state index contributed by atoms with van der Waals surface area (Å²) in [5.74, 6) is 0.702. The zero-order valence-corrected chi connectivity index (χ0v) is 35.2. The van der Waals surface area contributed by atoms with Crippen LogP contribution in [-0.2, 0) is 5.41 Å². The molecule has 10 aromatic carbocycles. The van der Waals surface area contributed by atoms with Crippen LogP contribution >= 0.6 is 0 Å². The number of rotatable bonds is 6. The summed E-state index contributed by atoms with van der Waals surface area (Å²) in [6.45, 7) is 4.75. The molecule has 63 heavy (non-hydrogen) atoms. The van der Waals surface area contributed by atoms with Gasteiger partial charge in [-0.25, -0.2) is 9.97 Å². The first kappa shape index (κ1) is 36.9. The lowest BCUT2D eigenvalue weighted by Gasteiger charge is -2.22.